The van der Waals surface area contributed by atoms with Gasteiger partial charge in [-0.05, 0) is 24.6 Å². The molecule has 0 amide bonds. The van der Waals surface area contributed by atoms with Crippen LogP contribution in [0.25, 0.3) is 11.3 Å². The van der Waals surface area contributed by atoms with Crippen molar-refractivity contribution in [1.82, 2.24) is 10.2 Å². The topological polar surface area (TPSA) is 54.7 Å². The van der Waals surface area contributed by atoms with Crippen molar-refractivity contribution in [3.63, 3.8) is 0 Å². The highest BCUT2D eigenvalue weighted by atomic mass is 79.9. The van der Waals surface area contributed by atoms with Gasteiger partial charge in [-0.15, -0.1) is 0 Å². The minimum absolute atomic E-state index is 0.636. The van der Waals surface area contributed by atoms with Gasteiger partial charge in [0.15, 0.2) is 0 Å². The molecule has 0 aliphatic carbocycles. The summed E-state index contributed by atoms with van der Waals surface area (Å²) >= 11 is 3.52. The van der Waals surface area contributed by atoms with Gasteiger partial charge in [0.1, 0.15) is 0 Å². The maximum Gasteiger partial charge on any atom is 0.0693 e. The van der Waals surface area contributed by atoms with E-state index in [9.17, 15) is 0 Å². The van der Waals surface area contributed by atoms with Crippen molar-refractivity contribution in [2.24, 2.45) is 5.73 Å². The van der Waals surface area contributed by atoms with Crippen LogP contribution in [0, 0.1) is 0 Å². The third-order valence-electron chi connectivity index (χ3n) is 2.27. The normalized spacial score (nSPS) is 10.5. The second-order valence-electron chi connectivity index (χ2n) is 3.29. The van der Waals surface area contributed by atoms with Crippen LogP contribution in [0.2, 0.25) is 0 Å². The molecule has 15 heavy (non-hydrogen) atoms. The third-order valence-corrected chi connectivity index (χ3v) is 2.97. The number of aromatic amines is 1. The zero-order valence-corrected chi connectivity index (χ0v) is 9.79. The lowest BCUT2D eigenvalue weighted by molar-refractivity contribution is 0.971. The standard InChI is InChI=1S/C11H12BrN3/c12-10-4-2-1-3-9(10)11-8(5-6-13)7-14-15-11/h1-4,7H,5-6,13H2,(H,14,15). The summed E-state index contributed by atoms with van der Waals surface area (Å²) in [6.45, 7) is 0.636. The van der Waals surface area contributed by atoms with E-state index in [1.165, 1.54) is 0 Å². The van der Waals surface area contributed by atoms with Gasteiger partial charge in [0.05, 0.1) is 11.9 Å². The number of H-pyrrole nitrogens is 1. The van der Waals surface area contributed by atoms with Crippen LogP contribution in [-0.4, -0.2) is 16.7 Å². The van der Waals surface area contributed by atoms with Gasteiger partial charge in [0.25, 0.3) is 0 Å². The summed E-state index contributed by atoms with van der Waals surface area (Å²) in [5.41, 5.74) is 8.88. The van der Waals surface area contributed by atoms with Crippen LogP contribution in [-0.2, 0) is 6.42 Å². The molecule has 3 nitrogen and oxygen atoms in total. The van der Waals surface area contributed by atoms with E-state index in [0.717, 1.165) is 27.7 Å². The van der Waals surface area contributed by atoms with Gasteiger partial charge < -0.3 is 5.73 Å². The molecule has 0 aliphatic heterocycles. The van der Waals surface area contributed by atoms with Crippen molar-refractivity contribution in [1.29, 1.82) is 0 Å². The summed E-state index contributed by atoms with van der Waals surface area (Å²) in [6.07, 6.45) is 2.68. The van der Waals surface area contributed by atoms with E-state index in [1.807, 2.05) is 24.4 Å². The zero-order valence-electron chi connectivity index (χ0n) is 8.20. The molecule has 0 aliphatic rings. The summed E-state index contributed by atoms with van der Waals surface area (Å²) in [7, 11) is 0. The third kappa shape index (κ3) is 2.11. The number of aromatic nitrogens is 2. The largest absolute Gasteiger partial charge is 0.330 e. The molecule has 0 radical (unpaired) electrons. The first-order valence-electron chi connectivity index (χ1n) is 4.80. The molecule has 78 valence electrons. The molecule has 1 aromatic carbocycles. The quantitative estimate of drug-likeness (QED) is 0.895. The Hall–Kier alpha value is -1.13. The number of nitrogens with one attached hydrogen (secondary N) is 1. The zero-order chi connectivity index (χ0) is 10.7. The van der Waals surface area contributed by atoms with E-state index in [1.54, 1.807) is 0 Å². The first kappa shape index (κ1) is 10.4. The van der Waals surface area contributed by atoms with Crippen LogP contribution in [0.3, 0.4) is 0 Å². The molecule has 0 spiro atoms. The molecule has 4 heteroatoms. The molecule has 0 saturated heterocycles. The second-order valence-corrected chi connectivity index (χ2v) is 4.14. The molecular weight excluding hydrogens is 254 g/mol. The van der Waals surface area contributed by atoms with Crippen molar-refractivity contribution in [2.75, 3.05) is 6.54 Å². The minimum atomic E-state index is 0.636. The summed E-state index contributed by atoms with van der Waals surface area (Å²) < 4.78 is 1.06. The predicted octanol–water partition coefficient (Wildman–Crippen LogP) is 2.34. The highest BCUT2D eigenvalue weighted by Crippen LogP contribution is 2.28. The van der Waals surface area contributed by atoms with E-state index >= 15 is 0 Å². The van der Waals surface area contributed by atoms with Gasteiger partial charge in [-0.25, -0.2) is 0 Å². The molecular formula is C11H12BrN3. The van der Waals surface area contributed by atoms with Crippen LogP contribution in [0.1, 0.15) is 5.56 Å². The molecule has 1 heterocycles. The van der Waals surface area contributed by atoms with Gasteiger partial charge >= 0.3 is 0 Å². The summed E-state index contributed by atoms with van der Waals surface area (Å²) in [5.74, 6) is 0. The molecule has 0 saturated carbocycles. The number of halogens is 1. The monoisotopic (exact) mass is 265 g/mol. The number of nitrogens with zero attached hydrogens (tertiary/aromatic N) is 1. The summed E-state index contributed by atoms with van der Waals surface area (Å²) in [5, 5.41) is 7.07. The molecule has 0 fully saturated rings. The van der Waals surface area contributed by atoms with Gasteiger partial charge in [-0.1, -0.05) is 34.1 Å². The van der Waals surface area contributed by atoms with E-state index in [-0.39, 0.29) is 0 Å². The maximum absolute atomic E-state index is 5.55. The Balaban J connectivity index is 2.45. The number of rotatable bonds is 3. The average molecular weight is 266 g/mol. The fourth-order valence-corrected chi connectivity index (χ4v) is 2.04. The average Bonchev–Trinajstić information content (AvgIpc) is 2.67. The highest BCUT2D eigenvalue weighted by molar-refractivity contribution is 9.10. The predicted molar refractivity (Wildman–Crippen MR) is 64.5 cm³/mol. The minimum Gasteiger partial charge on any atom is -0.330 e. The first-order chi connectivity index (χ1) is 7.33. The van der Waals surface area contributed by atoms with E-state index < -0.39 is 0 Å². The smallest absolute Gasteiger partial charge is 0.0693 e. The lowest BCUT2D eigenvalue weighted by Gasteiger charge is -2.04. The Labute approximate surface area is 96.8 Å². The fraction of sp³-hybridized carbons (Fsp3) is 0.182. The molecule has 0 unspecified atom stereocenters. The molecule has 3 N–H and O–H groups in total. The van der Waals surface area contributed by atoms with E-state index in [4.69, 9.17) is 5.73 Å². The van der Waals surface area contributed by atoms with Crippen LogP contribution in [0.5, 0.6) is 0 Å². The Morgan fingerprint density at radius 1 is 1.33 bits per heavy atom. The van der Waals surface area contributed by atoms with Gasteiger partial charge in [-0.2, -0.15) is 5.10 Å². The Bertz CT molecular complexity index is 451. The number of hydrogen-bond acceptors (Lipinski definition) is 2. The van der Waals surface area contributed by atoms with Crippen LogP contribution in [0.4, 0.5) is 0 Å². The van der Waals surface area contributed by atoms with Gasteiger partial charge in [-0.3, -0.25) is 5.10 Å². The molecule has 2 rings (SSSR count). The second kappa shape index (κ2) is 4.59. The van der Waals surface area contributed by atoms with Crippen molar-refractivity contribution in [3.05, 3.63) is 40.5 Å². The van der Waals surface area contributed by atoms with Crippen LogP contribution in [0.15, 0.2) is 34.9 Å². The van der Waals surface area contributed by atoms with Crippen molar-refractivity contribution in [2.45, 2.75) is 6.42 Å². The van der Waals surface area contributed by atoms with E-state index in [2.05, 4.69) is 32.2 Å². The molecule has 0 atom stereocenters. The lowest BCUT2D eigenvalue weighted by Crippen LogP contribution is -2.02. The van der Waals surface area contributed by atoms with Crippen molar-refractivity contribution >= 4 is 15.9 Å². The van der Waals surface area contributed by atoms with Gasteiger partial charge in [0.2, 0.25) is 0 Å². The Morgan fingerprint density at radius 3 is 2.87 bits per heavy atom. The van der Waals surface area contributed by atoms with Gasteiger partial charge in [0, 0.05) is 10.0 Å². The highest BCUT2D eigenvalue weighted by Gasteiger charge is 2.09. The van der Waals surface area contributed by atoms with Crippen LogP contribution >= 0.6 is 15.9 Å². The van der Waals surface area contributed by atoms with Crippen LogP contribution < -0.4 is 5.73 Å². The number of hydrogen-bond donors (Lipinski definition) is 2. The SMILES string of the molecule is NCCc1cn[nH]c1-c1ccccc1Br. The molecule has 2 aromatic rings. The number of benzene rings is 1. The Morgan fingerprint density at radius 2 is 2.13 bits per heavy atom. The van der Waals surface area contributed by atoms with Crippen molar-refractivity contribution in [3.8, 4) is 11.3 Å². The molecule has 1 aromatic heterocycles. The molecule has 0 bridgehead atoms. The number of nitrogens with two attached hydrogens (primary N) is 1. The Kier molecular flexibility index (Phi) is 3.18. The van der Waals surface area contributed by atoms with E-state index in [0.29, 0.717) is 6.54 Å². The summed E-state index contributed by atoms with van der Waals surface area (Å²) in [6, 6.07) is 8.07. The lowest BCUT2D eigenvalue weighted by atomic mass is 10.1. The summed E-state index contributed by atoms with van der Waals surface area (Å²) in [4.78, 5) is 0. The fourth-order valence-electron chi connectivity index (χ4n) is 1.55. The van der Waals surface area contributed by atoms with Crippen molar-refractivity contribution < 1.29 is 0 Å². The first-order valence-corrected chi connectivity index (χ1v) is 5.59. The maximum atomic E-state index is 5.55.